The molecule has 0 aliphatic heterocycles. The van der Waals surface area contributed by atoms with E-state index in [0.717, 1.165) is 11.8 Å². The molecule has 6 nitrogen and oxygen atoms in total. The summed E-state index contributed by atoms with van der Waals surface area (Å²) in [5, 5.41) is 2.65. The minimum absolute atomic E-state index is 0.0197. The van der Waals surface area contributed by atoms with E-state index in [1.54, 1.807) is 45.0 Å². The third kappa shape index (κ3) is 7.67. The van der Waals surface area contributed by atoms with Gasteiger partial charge in [-0.15, -0.1) is 0 Å². The zero-order chi connectivity index (χ0) is 16.1. The summed E-state index contributed by atoms with van der Waals surface area (Å²) >= 11 is 0. The Balaban J connectivity index is 2.69. The lowest BCUT2D eigenvalue weighted by Gasteiger charge is -2.20. The Morgan fingerprint density at radius 2 is 1.86 bits per heavy atom. The third-order valence-electron chi connectivity index (χ3n) is 2.32. The fourth-order valence-electron chi connectivity index (χ4n) is 1.58. The predicted molar refractivity (Wildman–Crippen MR) is 80.8 cm³/mol. The third-order valence-corrected chi connectivity index (χ3v) is 2.92. The van der Waals surface area contributed by atoms with Crippen molar-refractivity contribution in [2.24, 2.45) is 0 Å². The molecular formula is C14H21NO5S. The lowest BCUT2D eigenvalue weighted by molar-refractivity contribution is 0.0635. The van der Waals surface area contributed by atoms with E-state index in [1.807, 2.05) is 0 Å². The van der Waals surface area contributed by atoms with Crippen molar-refractivity contribution in [3.63, 3.8) is 0 Å². The van der Waals surface area contributed by atoms with Crippen molar-refractivity contribution in [1.29, 1.82) is 0 Å². The summed E-state index contributed by atoms with van der Waals surface area (Å²) < 4.78 is 31.7. The predicted octanol–water partition coefficient (Wildman–Crippen LogP) is 2.55. The van der Waals surface area contributed by atoms with Crippen molar-refractivity contribution >= 4 is 21.9 Å². The molecule has 0 heterocycles. The molecule has 0 atom stereocenters. The zero-order valence-corrected chi connectivity index (χ0v) is 13.5. The van der Waals surface area contributed by atoms with Crippen LogP contribution in [0.25, 0.3) is 0 Å². The van der Waals surface area contributed by atoms with Crippen molar-refractivity contribution in [3.8, 4) is 0 Å². The van der Waals surface area contributed by atoms with E-state index in [0.29, 0.717) is 12.1 Å². The maximum absolute atomic E-state index is 11.8. The highest BCUT2D eigenvalue weighted by molar-refractivity contribution is 7.85. The standard InChI is InChI=1S/C14H21NO5S/c1-14(2,3)20-13(16)15-12-8-6-5-7-11(12)9-10-19-21(4,17)18/h5-8H,9-10H2,1-4H3,(H,15,16). The second-order valence-corrected chi connectivity index (χ2v) is 7.20. The molecule has 1 aromatic carbocycles. The van der Waals surface area contributed by atoms with Gasteiger partial charge < -0.3 is 4.74 Å². The number of benzene rings is 1. The van der Waals surface area contributed by atoms with Crippen LogP contribution in [0.3, 0.4) is 0 Å². The number of nitrogens with one attached hydrogen (secondary N) is 1. The molecule has 0 saturated carbocycles. The summed E-state index contributed by atoms with van der Waals surface area (Å²) in [5.41, 5.74) is 0.758. The van der Waals surface area contributed by atoms with Crippen molar-refractivity contribution in [2.45, 2.75) is 32.8 Å². The summed E-state index contributed by atoms with van der Waals surface area (Å²) in [6.45, 7) is 5.35. The molecule has 118 valence electrons. The minimum atomic E-state index is -3.47. The first-order chi connectivity index (χ1) is 9.57. The Labute approximate surface area is 125 Å². The molecule has 0 radical (unpaired) electrons. The first kappa shape index (κ1) is 17.5. The zero-order valence-electron chi connectivity index (χ0n) is 12.7. The van der Waals surface area contributed by atoms with Crippen LogP contribution in [0, 0.1) is 0 Å². The average Bonchev–Trinajstić information content (AvgIpc) is 2.27. The molecule has 21 heavy (non-hydrogen) atoms. The second kappa shape index (κ2) is 6.91. The molecule has 1 N–H and O–H groups in total. The highest BCUT2D eigenvalue weighted by atomic mass is 32.2. The number of ether oxygens (including phenoxy) is 1. The Morgan fingerprint density at radius 1 is 1.24 bits per heavy atom. The first-order valence-electron chi connectivity index (χ1n) is 6.49. The number of carbonyl (C=O) groups excluding carboxylic acids is 1. The smallest absolute Gasteiger partial charge is 0.412 e. The van der Waals surface area contributed by atoms with E-state index in [1.165, 1.54) is 0 Å². The SMILES string of the molecule is CC(C)(C)OC(=O)Nc1ccccc1CCOS(C)(=O)=O. The van der Waals surface area contributed by atoms with Gasteiger partial charge in [0.25, 0.3) is 10.1 Å². The van der Waals surface area contributed by atoms with Gasteiger partial charge in [-0.2, -0.15) is 8.42 Å². The quantitative estimate of drug-likeness (QED) is 0.844. The van der Waals surface area contributed by atoms with Crippen LogP contribution in [0.1, 0.15) is 26.3 Å². The molecule has 0 saturated heterocycles. The highest BCUT2D eigenvalue weighted by Gasteiger charge is 2.17. The van der Waals surface area contributed by atoms with Crippen molar-refractivity contribution in [3.05, 3.63) is 29.8 Å². The maximum atomic E-state index is 11.8. The van der Waals surface area contributed by atoms with Gasteiger partial charge in [0, 0.05) is 5.69 Å². The van der Waals surface area contributed by atoms with E-state index in [2.05, 4.69) is 5.32 Å². The van der Waals surface area contributed by atoms with E-state index < -0.39 is 21.8 Å². The molecule has 0 fully saturated rings. The van der Waals surface area contributed by atoms with Gasteiger partial charge in [0.05, 0.1) is 12.9 Å². The van der Waals surface area contributed by atoms with Crippen LogP contribution in [0.15, 0.2) is 24.3 Å². The number of anilines is 1. The molecule has 7 heteroatoms. The number of para-hydroxylation sites is 1. The molecule has 1 rings (SSSR count). The van der Waals surface area contributed by atoms with Crippen molar-refractivity contribution in [1.82, 2.24) is 0 Å². The fraction of sp³-hybridized carbons (Fsp3) is 0.500. The molecule has 0 bridgehead atoms. The van der Waals surface area contributed by atoms with Gasteiger partial charge in [-0.05, 0) is 38.8 Å². The minimum Gasteiger partial charge on any atom is -0.444 e. The van der Waals surface area contributed by atoms with Crippen LogP contribution in [0.4, 0.5) is 10.5 Å². The Morgan fingerprint density at radius 3 is 2.43 bits per heavy atom. The van der Waals surface area contributed by atoms with Gasteiger partial charge in [0.1, 0.15) is 5.60 Å². The van der Waals surface area contributed by atoms with E-state index in [9.17, 15) is 13.2 Å². The normalized spacial score (nSPS) is 12.0. The van der Waals surface area contributed by atoms with Crippen LogP contribution in [0.5, 0.6) is 0 Å². The molecular weight excluding hydrogens is 294 g/mol. The lowest BCUT2D eigenvalue weighted by atomic mass is 10.1. The van der Waals surface area contributed by atoms with Crippen molar-refractivity contribution < 1.29 is 22.1 Å². The summed E-state index contributed by atoms with van der Waals surface area (Å²) in [7, 11) is -3.47. The average molecular weight is 315 g/mol. The lowest BCUT2D eigenvalue weighted by Crippen LogP contribution is -2.27. The summed E-state index contributed by atoms with van der Waals surface area (Å²) in [6, 6.07) is 7.09. The van der Waals surface area contributed by atoms with Gasteiger partial charge in [-0.1, -0.05) is 18.2 Å². The summed E-state index contributed by atoms with van der Waals surface area (Å²) in [4.78, 5) is 11.8. The van der Waals surface area contributed by atoms with E-state index >= 15 is 0 Å². The molecule has 0 aliphatic carbocycles. The van der Waals surface area contributed by atoms with Gasteiger partial charge in [-0.25, -0.2) is 4.79 Å². The Bertz CT molecular complexity index is 590. The Hall–Kier alpha value is -1.60. The van der Waals surface area contributed by atoms with Gasteiger partial charge >= 0.3 is 6.09 Å². The van der Waals surface area contributed by atoms with Crippen LogP contribution in [-0.2, 0) is 25.5 Å². The number of hydrogen-bond donors (Lipinski definition) is 1. The number of carbonyl (C=O) groups is 1. The molecule has 0 aliphatic rings. The Kier molecular flexibility index (Phi) is 5.74. The topological polar surface area (TPSA) is 81.7 Å². The van der Waals surface area contributed by atoms with Gasteiger partial charge in [0.15, 0.2) is 0 Å². The first-order valence-corrected chi connectivity index (χ1v) is 8.31. The monoisotopic (exact) mass is 315 g/mol. The second-order valence-electron chi connectivity index (χ2n) is 5.56. The highest BCUT2D eigenvalue weighted by Crippen LogP contribution is 2.17. The van der Waals surface area contributed by atoms with Gasteiger partial charge in [-0.3, -0.25) is 9.50 Å². The van der Waals surface area contributed by atoms with E-state index in [4.69, 9.17) is 8.92 Å². The maximum Gasteiger partial charge on any atom is 0.412 e. The largest absolute Gasteiger partial charge is 0.444 e. The van der Waals surface area contributed by atoms with Crippen LogP contribution in [0.2, 0.25) is 0 Å². The van der Waals surface area contributed by atoms with Crippen molar-refractivity contribution in [2.75, 3.05) is 18.2 Å². The number of rotatable bonds is 5. The van der Waals surface area contributed by atoms with E-state index in [-0.39, 0.29) is 6.61 Å². The molecule has 1 aromatic rings. The van der Waals surface area contributed by atoms with Crippen LogP contribution in [-0.4, -0.2) is 33.0 Å². The molecule has 0 spiro atoms. The molecule has 1 amide bonds. The number of amides is 1. The summed E-state index contributed by atoms with van der Waals surface area (Å²) in [6.07, 6.45) is 0.802. The molecule has 0 aromatic heterocycles. The number of hydrogen-bond acceptors (Lipinski definition) is 5. The van der Waals surface area contributed by atoms with Gasteiger partial charge in [0.2, 0.25) is 0 Å². The fourth-order valence-corrected chi connectivity index (χ4v) is 1.96. The van der Waals surface area contributed by atoms with Crippen LogP contribution < -0.4 is 5.32 Å². The van der Waals surface area contributed by atoms with Crippen LogP contribution >= 0.6 is 0 Å². The summed E-state index contributed by atoms with van der Waals surface area (Å²) in [5.74, 6) is 0. The molecule has 0 unspecified atom stereocenters.